The third-order valence-corrected chi connectivity index (χ3v) is 4.69. The summed E-state index contributed by atoms with van der Waals surface area (Å²) in [6, 6.07) is 7.82. The minimum atomic E-state index is -0.292. The second-order valence-corrected chi connectivity index (χ2v) is 6.69. The van der Waals surface area contributed by atoms with Crippen LogP contribution < -0.4 is 0 Å². The molecular weight excluding hydrogens is 314 g/mol. The van der Waals surface area contributed by atoms with E-state index in [1.807, 2.05) is 31.2 Å². The third-order valence-electron chi connectivity index (χ3n) is 4.43. The fraction of sp³-hybridized carbons (Fsp3) is 0.529. The molecule has 0 spiro atoms. The van der Waals surface area contributed by atoms with Gasteiger partial charge in [-0.3, -0.25) is 4.90 Å². The van der Waals surface area contributed by atoms with Crippen molar-refractivity contribution in [1.29, 1.82) is 0 Å². The maximum Gasteiger partial charge on any atom is 0.244 e. The molecule has 23 heavy (non-hydrogen) atoms. The largest absolute Gasteiger partial charge is 0.393 e. The van der Waals surface area contributed by atoms with Crippen LogP contribution >= 0.6 is 11.6 Å². The molecule has 0 saturated carbocycles. The fourth-order valence-electron chi connectivity index (χ4n) is 3.28. The SMILES string of the molecule is CC(O)CC1CCCN1C(C)c1nc(-c2ccc(Cl)cc2)no1. The molecule has 1 aromatic heterocycles. The van der Waals surface area contributed by atoms with Crippen molar-refractivity contribution in [3.05, 3.63) is 35.2 Å². The standard InChI is InChI=1S/C17H22ClN3O2/c1-11(22)10-15-4-3-9-21(15)12(2)17-19-16(20-23-17)13-5-7-14(18)8-6-13/h5-8,11-12,15,22H,3-4,9-10H2,1-2H3. The summed E-state index contributed by atoms with van der Waals surface area (Å²) in [5.41, 5.74) is 0.888. The average molecular weight is 336 g/mol. The molecule has 0 bridgehead atoms. The van der Waals surface area contributed by atoms with E-state index in [0.717, 1.165) is 31.4 Å². The zero-order valence-electron chi connectivity index (χ0n) is 13.4. The molecule has 5 nitrogen and oxygen atoms in total. The summed E-state index contributed by atoms with van der Waals surface area (Å²) in [5, 5.41) is 14.4. The van der Waals surface area contributed by atoms with Gasteiger partial charge in [0.05, 0.1) is 12.1 Å². The van der Waals surface area contributed by atoms with Crippen LogP contribution in [0.3, 0.4) is 0 Å². The van der Waals surface area contributed by atoms with E-state index >= 15 is 0 Å². The van der Waals surface area contributed by atoms with E-state index in [2.05, 4.69) is 22.0 Å². The quantitative estimate of drug-likeness (QED) is 0.903. The Hall–Kier alpha value is -1.43. The fourth-order valence-corrected chi connectivity index (χ4v) is 3.40. The Balaban J connectivity index is 1.75. The number of halogens is 1. The highest BCUT2D eigenvalue weighted by Gasteiger charge is 2.32. The number of rotatable bonds is 5. The molecule has 1 aliphatic heterocycles. The Labute approximate surface area is 141 Å². The van der Waals surface area contributed by atoms with E-state index in [1.54, 1.807) is 0 Å². The maximum atomic E-state index is 9.67. The van der Waals surface area contributed by atoms with Crippen LogP contribution in [0.5, 0.6) is 0 Å². The van der Waals surface area contributed by atoms with E-state index in [9.17, 15) is 5.11 Å². The van der Waals surface area contributed by atoms with Crippen molar-refractivity contribution >= 4 is 11.6 Å². The van der Waals surface area contributed by atoms with Gasteiger partial charge >= 0.3 is 0 Å². The van der Waals surface area contributed by atoms with Gasteiger partial charge in [-0.15, -0.1) is 0 Å². The lowest BCUT2D eigenvalue weighted by Crippen LogP contribution is -2.34. The first-order valence-electron chi connectivity index (χ1n) is 8.08. The number of hydrogen-bond acceptors (Lipinski definition) is 5. The minimum Gasteiger partial charge on any atom is -0.393 e. The van der Waals surface area contributed by atoms with E-state index < -0.39 is 0 Å². The predicted octanol–water partition coefficient (Wildman–Crippen LogP) is 3.69. The van der Waals surface area contributed by atoms with Crippen molar-refractivity contribution in [3.63, 3.8) is 0 Å². The van der Waals surface area contributed by atoms with Crippen molar-refractivity contribution in [2.45, 2.75) is 51.3 Å². The molecule has 0 radical (unpaired) electrons. The van der Waals surface area contributed by atoms with Crippen LogP contribution in [-0.4, -0.2) is 38.8 Å². The normalized spacial score (nSPS) is 21.5. The van der Waals surface area contributed by atoms with Gasteiger partial charge in [-0.1, -0.05) is 16.8 Å². The van der Waals surface area contributed by atoms with Crippen molar-refractivity contribution in [3.8, 4) is 11.4 Å². The lowest BCUT2D eigenvalue weighted by molar-refractivity contribution is 0.102. The van der Waals surface area contributed by atoms with Crippen LogP contribution in [0.1, 0.15) is 45.0 Å². The van der Waals surface area contributed by atoms with Crippen molar-refractivity contribution in [2.75, 3.05) is 6.54 Å². The number of aliphatic hydroxyl groups is 1. The van der Waals surface area contributed by atoms with Crippen molar-refractivity contribution < 1.29 is 9.63 Å². The van der Waals surface area contributed by atoms with Gasteiger partial charge in [0.15, 0.2) is 0 Å². The second-order valence-electron chi connectivity index (χ2n) is 6.26. The van der Waals surface area contributed by atoms with Crippen LogP contribution in [0.4, 0.5) is 0 Å². The lowest BCUT2D eigenvalue weighted by atomic mass is 10.1. The van der Waals surface area contributed by atoms with Gasteiger partial charge in [0.1, 0.15) is 0 Å². The van der Waals surface area contributed by atoms with Crippen LogP contribution in [-0.2, 0) is 0 Å². The number of hydrogen-bond donors (Lipinski definition) is 1. The molecular formula is C17H22ClN3O2. The van der Waals surface area contributed by atoms with Crippen molar-refractivity contribution in [1.82, 2.24) is 15.0 Å². The van der Waals surface area contributed by atoms with Crippen LogP contribution in [0.2, 0.25) is 5.02 Å². The summed E-state index contributed by atoms with van der Waals surface area (Å²) >= 11 is 5.91. The minimum absolute atomic E-state index is 0.0507. The first-order chi connectivity index (χ1) is 11.0. The Kier molecular flexibility index (Phi) is 4.99. The molecule has 6 heteroatoms. The van der Waals surface area contributed by atoms with Gasteiger partial charge in [0, 0.05) is 16.6 Å². The molecule has 1 N–H and O–H groups in total. The van der Waals surface area contributed by atoms with E-state index in [1.165, 1.54) is 0 Å². The highest BCUT2D eigenvalue weighted by Crippen LogP contribution is 2.31. The number of aliphatic hydroxyl groups excluding tert-OH is 1. The molecule has 3 atom stereocenters. The topological polar surface area (TPSA) is 62.4 Å². The van der Waals surface area contributed by atoms with Crippen LogP contribution in [0.25, 0.3) is 11.4 Å². The average Bonchev–Trinajstić information content (AvgIpc) is 3.16. The Morgan fingerprint density at radius 1 is 1.35 bits per heavy atom. The molecule has 3 unspecified atom stereocenters. The van der Waals surface area contributed by atoms with Crippen LogP contribution in [0, 0.1) is 0 Å². The molecule has 1 saturated heterocycles. The molecule has 2 heterocycles. The van der Waals surface area contributed by atoms with E-state index in [0.29, 0.717) is 22.8 Å². The van der Waals surface area contributed by atoms with Gasteiger partial charge in [0.25, 0.3) is 0 Å². The molecule has 0 aliphatic carbocycles. The van der Waals surface area contributed by atoms with Gasteiger partial charge in [-0.05, 0) is 63.9 Å². The molecule has 3 rings (SSSR count). The maximum absolute atomic E-state index is 9.67. The van der Waals surface area contributed by atoms with Gasteiger partial charge < -0.3 is 9.63 Å². The summed E-state index contributed by atoms with van der Waals surface area (Å²) in [6.07, 6.45) is 2.73. The highest BCUT2D eigenvalue weighted by molar-refractivity contribution is 6.30. The summed E-state index contributed by atoms with van der Waals surface area (Å²) < 4.78 is 5.48. The van der Waals surface area contributed by atoms with Crippen LogP contribution in [0.15, 0.2) is 28.8 Å². The van der Waals surface area contributed by atoms with E-state index in [-0.39, 0.29) is 12.1 Å². The Morgan fingerprint density at radius 2 is 2.09 bits per heavy atom. The number of benzene rings is 1. The third kappa shape index (κ3) is 3.74. The zero-order valence-corrected chi connectivity index (χ0v) is 14.2. The monoisotopic (exact) mass is 335 g/mol. The Morgan fingerprint density at radius 3 is 2.78 bits per heavy atom. The second kappa shape index (κ2) is 6.99. The zero-order chi connectivity index (χ0) is 16.4. The molecule has 124 valence electrons. The summed E-state index contributed by atoms with van der Waals surface area (Å²) in [4.78, 5) is 6.90. The van der Waals surface area contributed by atoms with Gasteiger partial charge in [-0.2, -0.15) is 4.98 Å². The van der Waals surface area contributed by atoms with Crippen molar-refractivity contribution in [2.24, 2.45) is 0 Å². The summed E-state index contributed by atoms with van der Waals surface area (Å²) in [6.45, 7) is 4.92. The van der Waals surface area contributed by atoms with Gasteiger partial charge in [-0.25, -0.2) is 0 Å². The first-order valence-corrected chi connectivity index (χ1v) is 8.45. The number of nitrogens with zero attached hydrogens (tertiary/aromatic N) is 3. The lowest BCUT2D eigenvalue weighted by Gasteiger charge is -2.29. The summed E-state index contributed by atoms with van der Waals surface area (Å²) in [5.74, 6) is 1.20. The number of likely N-dealkylation sites (tertiary alicyclic amines) is 1. The smallest absolute Gasteiger partial charge is 0.244 e. The molecule has 1 fully saturated rings. The molecule has 1 aromatic carbocycles. The number of aromatic nitrogens is 2. The summed E-state index contributed by atoms with van der Waals surface area (Å²) in [7, 11) is 0. The highest BCUT2D eigenvalue weighted by atomic mass is 35.5. The van der Waals surface area contributed by atoms with Gasteiger partial charge in [0.2, 0.25) is 11.7 Å². The Bertz CT molecular complexity index is 642. The molecule has 2 aromatic rings. The molecule has 0 amide bonds. The van der Waals surface area contributed by atoms with E-state index in [4.69, 9.17) is 16.1 Å². The first kappa shape index (κ1) is 16.4. The molecule has 1 aliphatic rings. The predicted molar refractivity (Wildman–Crippen MR) is 89.2 cm³/mol.